The maximum atomic E-state index is 12.0. The summed E-state index contributed by atoms with van der Waals surface area (Å²) in [5.74, 6) is 0.340. The standard InChI is InChI=1S/C26H43NO6/c1-14(4-7-20(29)27-13-21(30)31)16-5-6-17-22-18(9-11-25(16,17)2)26(3)10-8-15(28)12-19(26)23(32)24(22)33/h14-19,22-24,28,32-33H,4-13H2,1-3H3,(H,27,29)(H,30,31)/t14?,15?,16?,17?,18?,19?,22?,23?,24?,25-,26-/m1/s1. The number of carboxylic acids is 1. The lowest BCUT2D eigenvalue weighted by molar-refractivity contribution is -0.223. The Morgan fingerprint density at radius 3 is 2.30 bits per heavy atom. The molecule has 0 aromatic rings. The summed E-state index contributed by atoms with van der Waals surface area (Å²) in [5.41, 5.74) is 0.0476. The summed E-state index contributed by atoms with van der Waals surface area (Å²) in [6, 6.07) is 0. The molecule has 0 spiro atoms. The van der Waals surface area contributed by atoms with E-state index in [0.29, 0.717) is 36.5 Å². The summed E-state index contributed by atoms with van der Waals surface area (Å²) in [4.78, 5) is 22.7. The predicted molar refractivity (Wildman–Crippen MR) is 123 cm³/mol. The van der Waals surface area contributed by atoms with E-state index < -0.39 is 18.2 Å². The van der Waals surface area contributed by atoms with Crippen LogP contribution >= 0.6 is 0 Å². The van der Waals surface area contributed by atoms with E-state index in [1.165, 1.54) is 0 Å². The fraction of sp³-hybridized carbons (Fsp3) is 0.923. The van der Waals surface area contributed by atoms with Crippen LogP contribution in [0.1, 0.15) is 78.6 Å². The second kappa shape index (κ2) is 9.12. The van der Waals surface area contributed by atoms with E-state index in [-0.39, 0.29) is 41.2 Å². The molecule has 33 heavy (non-hydrogen) atoms. The minimum absolute atomic E-state index is 0.0319. The molecule has 188 valence electrons. The molecule has 5 N–H and O–H groups in total. The molecule has 9 unspecified atom stereocenters. The number of aliphatic hydroxyl groups excluding tert-OH is 3. The largest absolute Gasteiger partial charge is 0.480 e. The minimum Gasteiger partial charge on any atom is -0.480 e. The molecular weight excluding hydrogens is 422 g/mol. The summed E-state index contributed by atoms with van der Waals surface area (Å²) < 4.78 is 0. The highest BCUT2D eigenvalue weighted by atomic mass is 16.4. The van der Waals surface area contributed by atoms with E-state index in [9.17, 15) is 24.9 Å². The lowest BCUT2D eigenvalue weighted by Crippen LogP contribution is -2.64. The Bertz CT molecular complexity index is 759. The Balaban J connectivity index is 1.47. The van der Waals surface area contributed by atoms with Crippen LogP contribution in [-0.4, -0.2) is 57.2 Å². The van der Waals surface area contributed by atoms with Crippen LogP contribution < -0.4 is 5.32 Å². The van der Waals surface area contributed by atoms with Crippen LogP contribution in [0.15, 0.2) is 0 Å². The highest BCUT2D eigenvalue weighted by Crippen LogP contribution is 2.68. The molecule has 4 saturated carbocycles. The fourth-order valence-electron chi connectivity index (χ4n) is 9.04. The molecule has 11 atom stereocenters. The first-order valence-electron chi connectivity index (χ1n) is 13.0. The van der Waals surface area contributed by atoms with Gasteiger partial charge in [-0.05, 0) is 97.7 Å². The molecule has 4 fully saturated rings. The van der Waals surface area contributed by atoms with Crippen molar-refractivity contribution in [2.75, 3.05) is 6.54 Å². The van der Waals surface area contributed by atoms with E-state index >= 15 is 0 Å². The van der Waals surface area contributed by atoms with Crippen molar-refractivity contribution in [3.63, 3.8) is 0 Å². The van der Waals surface area contributed by atoms with E-state index in [2.05, 4.69) is 26.1 Å². The molecule has 4 rings (SSSR count). The Hall–Kier alpha value is -1.18. The highest BCUT2D eigenvalue weighted by molar-refractivity contribution is 5.81. The second-order valence-electron chi connectivity index (χ2n) is 12.2. The van der Waals surface area contributed by atoms with Crippen molar-refractivity contribution >= 4 is 11.9 Å². The third kappa shape index (κ3) is 4.23. The van der Waals surface area contributed by atoms with Gasteiger partial charge in [-0.15, -0.1) is 0 Å². The smallest absolute Gasteiger partial charge is 0.322 e. The first-order valence-corrected chi connectivity index (χ1v) is 13.0. The number of aliphatic hydroxyl groups is 3. The third-order valence-electron chi connectivity index (χ3n) is 10.7. The zero-order valence-electron chi connectivity index (χ0n) is 20.4. The zero-order chi connectivity index (χ0) is 24.1. The Kier molecular flexibility index (Phi) is 6.89. The van der Waals surface area contributed by atoms with Gasteiger partial charge in [-0.2, -0.15) is 0 Å². The van der Waals surface area contributed by atoms with Crippen molar-refractivity contribution in [3.8, 4) is 0 Å². The van der Waals surface area contributed by atoms with Gasteiger partial charge in [0.25, 0.3) is 0 Å². The summed E-state index contributed by atoms with van der Waals surface area (Å²) in [6.45, 7) is 6.53. The molecule has 0 bridgehead atoms. The van der Waals surface area contributed by atoms with Gasteiger partial charge in [0.05, 0.1) is 18.3 Å². The molecule has 4 aliphatic rings. The first kappa shape index (κ1) is 24.9. The molecule has 0 aromatic carbocycles. The Morgan fingerprint density at radius 1 is 0.939 bits per heavy atom. The third-order valence-corrected chi connectivity index (χ3v) is 10.7. The quantitative estimate of drug-likeness (QED) is 0.410. The number of carboxylic acid groups (broad SMARTS) is 1. The van der Waals surface area contributed by atoms with E-state index in [4.69, 9.17) is 5.11 Å². The number of rotatable bonds is 6. The van der Waals surface area contributed by atoms with Crippen LogP contribution in [-0.2, 0) is 9.59 Å². The predicted octanol–water partition coefficient (Wildman–Crippen LogP) is 2.56. The minimum atomic E-state index is -1.03. The van der Waals surface area contributed by atoms with Crippen molar-refractivity contribution < 1.29 is 30.0 Å². The number of carbonyl (C=O) groups excluding carboxylic acids is 1. The molecule has 0 heterocycles. The van der Waals surface area contributed by atoms with Crippen molar-refractivity contribution in [3.05, 3.63) is 0 Å². The van der Waals surface area contributed by atoms with Gasteiger partial charge in [0.15, 0.2) is 0 Å². The lowest BCUT2D eigenvalue weighted by Gasteiger charge is -2.63. The van der Waals surface area contributed by atoms with E-state index in [0.717, 1.165) is 44.9 Å². The molecule has 1 amide bonds. The average molecular weight is 466 g/mol. The topological polar surface area (TPSA) is 127 Å². The first-order chi connectivity index (χ1) is 15.5. The summed E-state index contributed by atoms with van der Waals surface area (Å²) in [5, 5.41) is 44.0. The number of nitrogens with one attached hydrogen (secondary N) is 1. The number of amides is 1. The number of carbonyl (C=O) groups is 2. The van der Waals surface area contributed by atoms with E-state index in [1.54, 1.807) is 0 Å². The van der Waals surface area contributed by atoms with Crippen LogP contribution in [0.5, 0.6) is 0 Å². The van der Waals surface area contributed by atoms with Gasteiger partial charge >= 0.3 is 5.97 Å². The van der Waals surface area contributed by atoms with Crippen LogP contribution in [0.3, 0.4) is 0 Å². The Morgan fingerprint density at radius 2 is 1.61 bits per heavy atom. The lowest BCUT2D eigenvalue weighted by atomic mass is 9.43. The van der Waals surface area contributed by atoms with Crippen LogP contribution in [0.2, 0.25) is 0 Å². The van der Waals surface area contributed by atoms with Crippen LogP contribution in [0.4, 0.5) is 0 Å². The van der Waals surface area contributed by atoms with Gasteiger partial charge in [-0.25, -0.2) is 0 Å². The number of aliphatic carboxylic acids is 1. The van der Waals surface area contributed by atoms with Crippen molar-refractivity contribution in [2.45, 2.75) is 96.9 Å². The molecule has 4 aliphatic carbocycles. The maximum Gasteiger partial charge on any atom is 0.322 e. The summed E-state index contributed by atoms with van der Waals surface area (Å²) in [7, 11) is 0. The van der Waals surface area contributed by atoms with Gasteiger partial charge in [0.2, 0.25) is 5.91 Å². The van der Waals surface area contributed by atoms with Gasteiger partial charge < -0.3 is 25.7 Å². The second-order valence-corrected chi connectivity index (χ2v) is 12.2. The molecule has 0 saturated heterocycles. The van der Waals surface area contributed by atoms with Gasteiger partial charge in [-0.3, -0.25) is 9.59 Å². The van der Waals surface area contributed by atoms with Gasteiger partial charge in [0.1, 0.15) is 6.54 Å². The molecular formula is C26H43NO6. The number of hydrogen-bond acceptors (Lipinski definition) is 5. The van der Waals surface area contributed by atoms with Gasteiger partial charge in [0, 0.05) is 6.42 Å². The normalized spacial score (nSPS) is 47.7. The van der Waals surface area contributed by atoms with Crippen LogP contribution in [0, 0.1) is 46.3 Å². The Labute approximate surface area is 197 Å². The molecule has 0 radical (unpaired) electrons. The molecule has 7 heteroatoms. The summed E-state index contributed by atoms with van der Waals surface area (Å²) >= 11 is 0. The zero-order valence-corrected chi connectivity index (χ0v) is 20.4. The SMILES string of the molecule is CC(CCC(=O)NCC(=O)O)C1CCC2C3C(O)C(O)C4CC(O)CC[C@]4(C)C3CC[C@]12C. The number of hydrogen-bond donors (Lipinski definition) is 5. The monoisotopic (exact) mass is 465 g/mol. The number of fused-ring (bicyclic) bond motifs is 5. The van der Waals surface area contributed by atoms with Gasteiger partial charge in [-0.1, -0.05) is 20.8 Å². The fourth-order valence-corrected chi connectivity index (χ4v) is 9.04. The average Bonchev–Trinajstić information content (AvgIpc) is 3.12. The molecule has 7 nitrogen and oxygen atoms in total. The highest BCUT2D eigenvalue weighted by Gasteiger charge is 2.65. The summed E-state index contributed by atoms with van der Waals surface area (Å²) in [6.07, 6.45) is 5.74. The van der Waals surface area contributed by atoms with Crippen molar-refractivity contribution in [2.24, 2.45) is 46.3 Å². The van der Waals surface area contributed by atoms with Crippen molar-refractivity contribution in [1.82, 2.24) is 5.32 Å². The maximum absolute atomic E-state index is 12.0. The molecule has 0 aliphatic heterocycles. The van der Waals surface area contributed by atoms with Crippen LogP contribution in [0.25, 0.3) is 0 Å². The molecule has 0 aromatic heterocycles. The van der Waals surface area contributed by atoms with Crippen molar-refractivity contribution in [1.29, 1.82) is 0 Å². The van der Waals surface area contributed by atoms with E-state index in [1.807, 2.05) is 0 Å².